The predicted molar refractivity (Wildman–Crippen MR) is 60.3 cm³/mol. The van der Waals surface area contributed by atoms with Gasteiger partial charge in [0.15, 0.2) is 0 Å². The molecule has 1 saturated carbocycles. The second-order valence-corrected chi connectivity index (χ2v) is 4.16. The largest absolute Gasteiger partial charge is 0.506 e. The minimum atomic E-state index is -0.0206. The molecule has 4 heteroatoms. The number of nitrogens with zero attached hydrogens (tertiary/aromatic N) is 2. The smallest absolute Gasteiger partial charge is 0.255 e. The fourth-order valence-corrected chi connectivity index (χ4v) is 1.79. The van der Waals surface area contributed by atoms with Gasteiger partial charge >= 0.3 is 0 Å². The summed E-state index contributed by atoms with van der Waals surface area (Å²) in [5, 5.41) is 9.29. The molecule has 1 aliphatic carbocycles. The number of aromatic nitrogens is 1. The van der Waals surface area contributed by atoms with Gasteiger partial charge in [-0.3, -0.25) is 9.78 Å². The first kappa shape index (κ1) is 10.9. The summed E-state index contributed by atoms with van der Waals surface area (Å²) in [6, 6.07) is 1.87. The average Bonchev–Trinajstić information content (AvgIpc) is 3.09. The minimum Gasteiger partial charge on any atom is -0.506 e. The summed E-state index contributed by atoms with van der Waals surface area (Å²) in [7, 11) is 0. The molecular formula is C12H16N2O2. The molecule has 1 aromatic heterocycles. The third-order valence-electron chi connectivity index (χ3n) is 2.68. The number of carbonyl (C=O) groups excluding carboxylic acids is 1. The fourth-order valence-electron chi connectivity index (χ4n) is 1.79. The Hall–Kier alpha value is -1.58. The zero-order valence-corrected chi connectivity index (χ0v) is 9.39. The van der Waals surface area contributed by atoms with Gasteiger partial charge < -0.3 is 10.0 Å². The van der Waals surface area contributed by atoms with Gasteiger partial charge in [0.1, 0.15) is 5.75 Å². The zero-order valence-electron chi connectivity index (χ0n) is 9.39. The van der Waals surface area contributed by atoms with Crippen LogP contribution in [-0.2, 0) is 0 Å². The van der Waals surface area contributed by atoms with Crippen molar-refractivity contribution in [3.8, 4) is 5.75 Å². The van der Waals surface area contributed by atoms with E-state index in [0.29, 0.717) is 11.6 Å². The van der Waals surface area contributed by atoms with Crippen LogP contribution >= 0.6 is 0 Å². The van der Waals surface area contributed by atoms with Crippen molar-refractivity contribution in [1.82, 2.24) is 9.88 Å². The van der Waals surface area contributed by atoms with Gasteiger partial charge in [0.25, 0.3) is 5.91 Å². The quantitative estimate of drug-likeness (QED) is 0.841. The lowest BCUT2D eigenvalue weighted by Crippen LogP contribution is -2.33. The zero-order chi connectivity index (χ0) is 11.5. The highest BCUT2D eigenvalue weighted by Gasteiger charge is 2.32. The summed E-state index contributed by atoms with van der Waals surface area (Å²) in [6.07, 6.45) is 5.98. The summed E-state index contributed by atoms with van der Waals surface area (Å²) in [4.78, 5) is 17.9. The van der Waals surface area contributed by atoms with E-state index in [1.807, 2.05) is 4.90 Å². The lowest BCUT2D eigenvalue weighted by Gasteiger charge is -2.21. The van der Waals surface area contributed by atoms with Crippen molar-refractivity contribution in [1.29, 1.82) is 0 Å². The molecule has 16 heavy (non-hydrogen) atoms. The van der Waals surface area contributed by atoms with Crippen molar-refractivity contribution in [2.75, 3.05) is 6.54 Å². The molecule has 0 aliphatic heterocycles. The Kier molecular flexibility index (Phi) is 3.08. The maximum atomic E-state index is 12.1. The number of pyridine rings is 1. The van der Waals surface area contributed by atoms with E-state index >= 15 is 0 Å². The molecule has 1 N–H and O–H groups in total. The third kappa shape index (κ3) is 2.32. The van der Waals surface area contributed by atoms with E-state index < -0.39 is 0 Å². The Morgan fingerprint density at radius 3 is 2.88 bits per heavy atom. The number of hydrogen-bond donors (Lipinski definition) is 1. The monoisotopic (exact) mass is 220 g/mol. The number of aromatic hydroxyl groups is 1. The molecule has 1 fully saturated rings. The highest BCUT2D eigenvalue weighted by molar-refractivity contribution is 5.94. The molecule has 1 amide bonds. The van der Waals surface area contributed by atoms with Crippen LogP contribution in [0.15, 0.2) is 18.5 Å². The van der Waals surface area contributed by atoms with Crippen molar-refractivity contribution in [3.05, 3.63) is 24.0 Å². The Labute approximate surface area is 94.9 Å². The van der Waals surface area contributed by atoms with E-state index in [1.54, 1.807) is 0 Å². The van der Waals surface area contributed by atoms with E-state index in [1.165, 1.54) is 18.5 Å². The second-order valence-electron chi connectivity index (χ2n) is 4.16. The van der Waals surface area contributed by atoms with Gasteiger partial charge in [-0.1, -0.05) is 6.92 Å². The van der Waals surface area contributed by atoms with Crippen LogP contribution in [0, 0.1) is 0 Å². The van der Waals surface area contributed by atoms with Crippen LogP contribution in [0.3, 0.4) is 0 Å². The van der Waals surface area contributed by atoms with Gasteiger partial charge in [-0.25, -0.2) is 0 Å². The van der Waals surface area contributed by atoms with Crippen LogP contribution in [0.5, 0.6) is 5.75 Å². The first-order chi connectivity index (χ1) is 7.72. The van der Waals surface area contributed by atoms with Gasteiger partial charge in [-0.15, -0.1) is 0 Å². The molecule has 0 unspecified atom stereocenters. The van der Waals surface area contributed by atoms with E-state index in [9.17, 15) is 9.90 Å². The number of amides is 1. The lowest BCUT2D eigenvalue weighted by atomic mass is 10.2. The van der Waals surface area contributed by atoms with E-state index in [4.69, 9.17) is 0 Å². The van der Waals surface area contributed by atoms with Gasteiger partial charge in [-0.05, 0) is 25.3 Å². The number of hydrogen-bond acceptors (Lipinski definition) is 3. The maximum Gasteiger partial charge on any atom is 0.255 e. The first-order valence-electron chi connectivity index (χ1n) is 5.67. The minimum absolute atomic E-state index is 0.0206. The molecular weight excluding hydrogens is 204 g/mol. The predicted octanol–water partition coefficient (Wildman–Crippen LogP) is 1.80. The maximum absolute atomic E-state index is 12.1. The van der Waals surface area contributed by atoms with Crippen LogP contribution in [-0.4, -0.2) is 33.5 Å². The summed E-state index contributed by atoms with van der Waals surface area (Å²) >= 11 is 0. The van der Waals surface area contributed by atoms with Crippen LogP contribution in [0.4, 0.5) is 0 Å². The third-order valence-corrected chi connectivity index (χ3v) is 2.68. The normalized spacial score (nSPS) is 14.8. The van der Waals surface area contributed by atoms with Crippen LogP contribution in [0.1, 0.15) is 36.5 Å². The highest BCUT2D eigenvalue weighted by atomic mass is 16.3. The molecule has 0 aromatic carbocycles. The topological polar surface area (TPSA) is 53.4 Å². The van der Waals surface area contributed by atoms with E-state index in [-0.39, 0.29) is 11.7 Å². The second kappa shape index (κ2) is 4.51. The molecule has 0 saturated heterocycles. The molecule has 4 nitrogen and oxygen atoms in total. The fraction of sp³-hybridized carbons (Fsp3) is 0.500. The lowest BCUT2D eigenvalue weighted by molar-refractivity contribution is 0.0742. The Morgan fingerprint density at radius 2 is 2.31 bits per heavy atom. The molecule has 1 aliphatic rings. The van der Waals surface area contributed by atoms with Crippen molar-refractivity contribution in [2.24, 2.45) is 0 Å². The average molecular weight is 220 g/mol. The molecule has 0 bridgehead atoms. The number of rotatable bonds is 4. The standard InChI is InChI=1S/C12H16N2O2/c1-2-5-14(10-3-4-10)12(16)9-6-11(15)8-13-7-9/h6-8,10,15H,2-5H2,1H3. The van der Waals surface area contributed by atoms with Crippen LogP contribution in [0.2, 0.25) is 0 Å². The van der Waals surface area contributed by atoms with Crippen molar-refractivity contribution >= 4 is 5.91 Å². The van der Waals surface area contributed by atoms with E-state index in [2.05, 4.69) is 11.9 Å². The molecule has 0 spiro atoms. The summed E-state index contributed by atoms with van der Waals surface area (Å²) in [6.45, 7) is 2.84. The molecule has 0 radical (unpaired) electrons. The molecule has 1 aromatic rings. The first-order valence-corrected chi connectivity index (χ1v) is 5.67. The highest BCUT2D eigenvalue weighted by Crippen LogP contribution is 2.28. The Morgan fingerprint density at radius 1 is 1.56 bits per heavy atom. The van der Waals surface area contributed by atoms with Crippen LogP contribution < -0.4 is 0 Å². The Balaban J connectivity index is 2.15. The van der Waals surface area contributed by atoms with Gasteiger partial charge in [0.2, 0.25) is 0 Å². The van der Waals surface area contributed by atoms with Crippen molar-refractivity contribution in [3.63, 3.8) is 0 Å². The summed E-state index contributed by atoms with van der Waals surface area (Å²) < 4.78 is 0. The van der Waals surface area contributed by atoms with Crippen LogP contribution in [0.25, 0.3) is 0 Å². The van der Waals surface area contributed by atoms with Gasteiger partial charge in [-0.2, -0.15) is 0 Å². The van der Waals surface area contributed by atoms with E-state index in [0.717, 1.165) is 25.8 Å². The number of carbonyl (C=O) groups is 1. The summed E-state index contributed by atoms with van der Waals surface area (Å²) in [5.41, 5.74) is 0.473. The van der Waals surface area contributed by atoms with Crippen molar-refractivity contribution < 1.29 is 9.90 Å². The summed E-state index contributed by atoms with van der Waals surface area (Å²) in [5.74, 6) is 0.0193. The molecule has 2 rings (SSSR count). The molecule has 1 heterocycles. The van der Waals surface area contributed by atoms with Gasteiger partial charge in [0.05, 0.1) is 11.8 Å². The molecule has 0 atom stereocenters. The van der Waals surface area contributed by atoms with Crippen molar-refractivity contribution in [2.45, 2.75) is 32.2 Å². The Bertz CT molecular complexity index is 388. The molecule has 86 valence electrons. The SMILES string of the molecule is CCCN(C(=O)c1cncc(O)c1)C1CC1. The van der Waals surface area contributed by atoms with Gasteiger partial charge in [0, 0.05) is 18.8 Å².